The number of anilines is 2. The normalized spacial score (nSPS) is 10.8. The van der Waals surface area contributed by atoms with Crippen molar-refractivity contribution in [2.24, 2.45) is 0 Å². The minimum absolute atomic E-state index is 0.416. The Morgan fingerprint density at radius 1 is 1.32 bits per heavy atom. The zero-order valence-electron chi connectivity index (χ0n) is 12.7. The fourth-order valence-corrected chi connectivity index (χ4v) is 1.89. The van der Waals surface area contributed by atoms with E-state index in [-0.39, 0.29) is 0 Å². The highest BCUT2D eigenvalue weighted by Gasteiger charge is 2.13. The summed E-state index contributed by atoms with van der Waals surface area (Å²) in [7, 11) is 1.87. The lowest BCUT2D eigenvalue weighted by molar-refractivity contribution is 0.128. The number of nitrogens with one attached hydrogen (secondary N) is 1. The molecule has 1 N–H and O–H groups in total. The summed E-state index contributed by atoms with van der Waals surface area (Å²) in [6.45, 7) is 10.6. The quantitative estimate of drug-likeness (QED) is 0.784. The van der Waals surface area contributed by atoms with Crippen molar-refractivity contribution in [3.63, 3.8) is 0 Å². The molecule has 0 aliphatic rings. The van der Waals surface area contributed by atoms with Crippen molar-refractivity contribution in [3.8, 4) is 0 Å². The number of aromatic nitrogens is 2. The number of rotatable bonds is 8. The predicted molar refractivity (Wildman–Crippen MR) is 79.7 cm³/mol. The van der Waals surface area contributed by atoms with Crippen molar-refractivity contribution in [2.45, 2.75) is 46.8 Å². The Bertz CT molecular complexity index is 382. The average Bonchev–Trinajstić information content (AvgIpc) is 2.41. The molecular formula is C14H26N4O. The van der Waals surface area contributed by atoms with Crippen LogP contribution in [0.2, 0.25) is 0 Å². The monoisotopic (exact) mass is 266 g/mol. The molecule has 108 valence electrons. The van der Waals surface area contributed by atoms with Gasteiger partial charge in [-0.3, -0.25) is 0 Å². The van der Waals surface area contributed by atoms with Gasteiger partial charge in [0.1, 0.15) is 18.2 Å². The van der Waals surface area contributed by atoms with Gasteiger partial charge in [0, 0.05) is 32.3 Å². The second kappa shape index (κ2) is 7.94. The molecule has 5 heteroatoms. The van der Waals surface area contributed by atoms with Crippen LogP contribution in [0.4, 0.5) is 11.6 Å². The van der Waals surface area contributed by atoms with E-state index in [1.165, 1.54) is 0 Å². The van der Waals surface area contributed by atoms with Crippen molar-refractivity contribution in [3.05, 3.63) is 11.9 Å². The molecule has 1 aromatic rings. The highest BCUT2D eigenvalue weighted by atomic mass is 16.5. The van der Waals surface area contributed by atoms with E-state index < -0.39 is 0 Å². The summed E-state index contributed by atoms with van der Waals surface area (Å²) < 4.78 is 5.40. The first-order chi connectivity index (χ1) is 9.12. The highest BCUT2D eigenvalue weighted by molar-refractivity contribution is 5.49. The molecule has 19 heavy (non-hydrogen) atoms. The number of hydrogen-bond donors (Lipinski definition) is 1. The highest BCUT2D eigenvalue weighted by Crippen LogP contribution is 2.19. The molecule has 0 fully saturated rings. The first kappa shape index (κ1) is 15.7. The largest absolute Gasteiger partial charge is 0.374 e. The minimum Gasteiger partial charge on any atom is -0.374 e. The standard InChI is InChI=1S/C14H26N4O/c1-6-8-18(11(3)4)14-9-12(15-5)16-13(17-14)10-19-7-2/h9,11H,6-8,10H2,1-5H3,(H,15,16,17). The smallest absolute Gasteiger partial charge is 0.158 e. The molecule has 0 bridgehead atoms. The van der Waals surface area contributed by atoms with Crippen molar-refractivity contribution in [1.29, 1.82) is 0 Å². The summed E-state index contributed by atoms with van der Waals surface area (Å²) >= 11 is 0. The molecule has 1 aromatic heterocycles. The van der Waals surface area contributed by atoms with Gasteiger partial charge in [0.15, 0.2) is 5.82 Å². The molecule has 0 amide bonds. The molecule has 0 radical (unpaired) electrons. The lowest BCUT2D eigenvalue weighted by atomic mass is 10.3. The first-order valence-corrected chi connectivity index (χ1v) is 7.02. The zero-order chi connectivity index (χ0) is 14.3. The Labute approximate surface area is 116 Å². The first-order valence-electron chi connectivity index (χ1n) is 7.02. The Hall–Kier alpha value is -1.36. The summed E-state index contributed by atoms with van der Waals surface area (Å²) in [6, 6.07) is 2.41. The molecule has 0 aliphatic carbocycles. The number of ether oxygens (including phenoxy) is 1. The third-order valence-corrected chi connectivity index (χ3v) is 2.83. The van der Waals surface area contributed by atoms with Crippen molar-refractivity contribution in [2.75, 3.05) is 30.4 Å². The fraction of sp³-hybridized carbons (Fsp3) is 0.714. The Balaban J connectivity index is 3.02. The van der Waals surface area contributed by atoms with Gasteiger partial charge in [-0.1, -0.05) is 6.92 Å². The molecule has 0 saturated heterocycles. The van der Waals surface area contributed by atoms with Crippen LogP contribution in [0.1, 0.15) is 39.9 Å². The average molecular weight is 266 g/mol. The van der Waals surface area contributed by atoms with Crippen LogP contribution in [0.25, 0.3) is 0 Å². The third kappa shape index (κ3) is 4.67. The summed E-state index contributed by atoms with van der Waals surface area (Å²) in [5, 5.41) is 3.09. The minimum atomic E-state index is 0.416. The molecular weight excluding hydrogens is 240 g/mol. The Kier molecular flexibility index (Phi) is 6.56. The van der Waals surface area contributed by atoms with Gasteiger partial charge in [-0.2, -0.15) is 0 Å². The van der Waals surface area contributed by atoms with Crippen LogP contribution in [-0.2, 0) is 11.3 Å². The topological polar surface area (TPSA) is 50.3 Å². The van der Waals surface area contributed by atoms with Gasteiger partial charge in [0.05, 0.1) is 0 Å². The summed E-state index contributed by atoms with van der Waals surface area (Å²) in [5.74, 6) is 2.53. The maximum absolute atomic E-state index is 5.40. The van der Waals surface area contributed by atoms with Crippen LogP contribution in [0.15, 0.2) is 6.07 Å². The van der Waals surface area contributed by atoms with E-state index in [2.05, 4.69) is 41.0 Å². The van der Waals surface area contributed by atoms with Crippen molar-refractivity contribution >= 4 is 11.6 Å². The Morgan fingerprint density at radius 3 is 2.58 bits per heavy atom. The predicted octanol–water partition coefficient (Wildman–Crippen LogP) is 2.68. The molecule has 0 aliphatic heterocycles. The van der Waals surface area contributed by atoms with Crippen LogP contribution in [0.5, 0.6) is 0 Å². The molecule has 0 unspecified atom stereocenters. The van der Waals surface area contributed by atoms with Crippen LogP contribution in [-0.4, -0.2) is 36.2 Å². The maximum Gasteiger partial charge on any atom is 0.158 e. The van der Waals surface area contributed by atoms with E-state index >= 15 is 0 Å². The second-order valence-electron chi connectivity index (χ2n) is 4.70. The van der Waals surface area contributed by atoms with E-state index in [1.54, 1.807) is 0 Å². The van der Waals surface area contributed by atoms with Crippen molar-refractivity contribution in [1.82, 2.24) is 9.97 Å². The lowest BCUT2D eigenvalue weighted by Gasteiger charge is -2.28. The van der Waals surface area contributed by atoms with Crippen LogP contribution >= 0.6 is 0 Å². The van der Waals surface area contributed by atoms with Gasteiger partial charge in [-0.15, -0.1) is 0 Å². The van der Waals surface area contributed by atoms with Crippen LogP contribution in [0, 0.1) is 0 Å². The third-order valence-electron chi connectivity index (χ3n) is 2.83. The van der Waals surface area contributed by atoms with Crippen molar-refractivity contribution < 1.29 is 4.74 Å². The summed E-state index contributed by atoms with van der Waals surface area (Å²) in [4.78, 5) is 11.3. The molecule has 0 atom stereocenters. The molecule has 1 rings (SSSR count). The van der Waals surface area contributed by atoms with Gasteiger partial charge < -0.3 is 15.0 Å². The van der Waals surface area contributed by atoms with Gasteiger partial charge >= 0.3 is 0 Å². The van der Waals surface area contributed by atoms with E-state index in [0.717, 1.165) is 30.4 Å². The van der Waals surface area contributed by atoms with Gasteiger partial charge in [0.25, 0.3) is 0 Å². The van der Waals surface area contributed by atoms with E-state index in [0.29, 0.717) is 19.3 Å². The fourth-order valence-electron chi connectivity index (χ4n) is 1.89. The SMILES string of the molecule is CCCN(c1cc(NC)nc(COCC)n1)C(C)C. The Morgan fingerprint density at radius 2 is 2.05 bits per heavy atom. The molecule has 1 heterocycles. The maximum atomic E-state index is 5.40. The zero-order valence-corrected chi connectivity index (χ0v) is 12.7. The molecule has 5 nitrogen and oxygen atoms in total. The summed E-state index contributed by atoms with van der Waals surface area (Å²) in [5.41, 5.74) is 0. The number of hydrogen-bond acceptors (Lipinski definition) is 5. The van der Waals surface area contributed by atoms with E-state index in [4.69, 9.17) is 4.74 Å². The number of nitrogens with zero attached hydrogens (tertiary/aromatic N) is 3. The van der Waals surface area contributed by atoms with Gasteiger partial charge in [0.2, 0.25) is 0 Å². The van der Waals surface area contributed by atoms with E-state index in [1.807, 2.05) is 20.0 Å². The lowest BCUT2D eigenvalue weighted by Crippen LogP contribution is -2.32. The molecule has 0 aromatic carbocycles. The van der Waals surface area contributed by atoms with Gasteiger partial charge in [-0.25, -0.2) is 9.97 Å². The van der Waals surface area contributed by atoms with Crippen LogP contribution in [0.3, 0.4) is 0 Å². The molecule has 0 saturated carbocycles. The van der Waals surface area contributed by atoms with E-state index in [9.17, 15) is 0 Å². The van der Waals surface area contributed by atoms with Gasteiger partial charge in [-0.05, 0) is 27.2 Å². The second-order valence-corrected chi connectivity index (χ2v) is 4.70. The van der Waals surface area contributed by atoms with Crippen LogP contribution < -0.4 is 10.2 Å². The molecule has 0 spiro atoms. The summed E-state index contributed by atoms with van der Waals surface area (Å²) in [6.07, 6.45) is 1.10.